The number of anilines is 1. The number of carbonyl (C=O) groups excluding carboxylic acids is 1. The fourth-order valence-corrected chi connectivity index (χ4v) is 2.05. The molecule has 2 heterocycles. The van der Waals surface area contributed by atoms with Crippen LogP contribution in [0.25, 0.3) is 0 Å². The molecule has 1 unspecified atom stereocenters. The molecule has 1 aliphatic heterocycles. The summed E-state index contributed by atoms with van der Waals surface area (Å²) in [6, 6.07) is 1.65. The normalized spacial score (nSPS) is 19.5. The van der Waals surface area contributed by atoms with Gasteiger partial charge in [0.15, 0.2) is 0 Å². The van der Waals surface area contributed by atoms with Gasteiger partial charge in [-0.1, -0.05) is 0 Å². The van der Waals surface area contributed by atoms with Crippen LogP contribution in [0.2, 0.25) is 0 Å². The number of hydrogen-bond acceptors (Lipinski definition) is 4. The average Bonchev–Trinajstić information content (AvgIpc) is 2.40. The number of aryl methyl sites for hydroxylation is 1. The number of carbonyl (C=O) groups is 1. The van der Waals surface area contributed by atoms with Gasteiger partial charge in [-0.15, -0.1) is 0 Å². The van der Waals surface area contributed by atoms with Crippen LogP contribution in [0.4, 0.5) is 5.69 Å². The molecule has 5 nitrogen and oxygen atoms in total. The third-order valence-electron chi connectivity index (χ3n) is 3.12. The second-order valence-corrected chi connectivity index (χ2v) is 4.60. The third-order valence-corrected chi connectivity index (χ3v) is 3.12. The van der Waals surface area contributed by atoms with Crippen molar-refractivity contribution < 1.29 is 9.53 Å². The quantitative estimate of drug-likeness (QED) is 0.845. The van der Waals surface area contributed by atoms with Crippen LogP contribution in [0, 0.1) is 6.92 Å². The lowest BCUT2D eigenvalue weighted by atomic mass is 10.1. The molecule has 5 heteroatoms. The van der Waals surface area contributed by atoms with Crippen molar-refractivity contribution in [2.24, 2.45) is 0 Å². The van der Waals surface area contributed by atoms with Crippen LogP contribution in [0.15, 0.2) is 12.3 Å². The van der Waals surface area contributed by atoms with Gasteiger partial charge in [0.25, 0.3) is 5.91 Å². The summed E-state index contributed by atoms with van der Waals surface area (Å²) >= 11 is 0. The Kier molecular flexibility index (Phi) is 4.15. The number of nitrogen functional groups attached to an aromatic ring is 1. The van der Waals surface area contributed by atoms with Crippen molar-refractivity contribution in [1.82, 2.24) is 10.3 Å². The van der Waals surface area contributed by atoms with Gasteiger partial charge in [-0.25, -0.2) is 0 Å². The fourth-order valence-electron chi connectivity index (χ4n) is 2.05. The van der Waals surface area contributed by atoms with Gasteiger partial charge in [0.1, 0.15) is 0 Å². The molecular weight excluding hydrogens is 230 g/mol. The smallest absolute Gasteiger partial charge is 0.253 e. The number of nitrogens with two attached hydrogens (primary N) is 1. The molecule has 1 fully saturated rings. The van der Waals surface area contributed by atoms with Crippen LogP contribution in [0.1, 0.15) is 35.3 Å². The number of pyridine rings is 1. The Bertz CT molecular complexity index is 428. The predicted octanol–water partition coefficient (Wildman–Crippen LogP) is 1.27. The lowest BCUT2D eigenvalue weighted by Gasteiger charge is -2.22. The van der Waals surface area contributed by atoms with Crippen molar-refractivity contribution >= 4 is 11.6 Å². The number of nitrogens with zero attached hydrogens (tertiary/aromatic N) is 1. The number of aromatic nitrogens is 1. The van der Waals surface area contributed by atoms with E-state index < -0.39 is 0 Å². The van der Waals surface area contributed by atoms with E-state index in [0.717, 1.165) is 19.4 Å². The number of rotatable bonds is 3. The Labute approximate surface area is 107 Å². The number of amides is 1. The zero-order chi connectivity index (χ0) is 13.0. The van der Waals surface area contributed by atoms with Crippen molar-refractivity contribution in [3.63, 3.8) is 0 Å². The molecule has 1 amide bonds. The lowest BCUT2D eigenvalue weighted by Crippen LogP contribution is -2.35. The summed E-state index contributed by atoms with van der Waals surface area (Å²) in [6.07, 6.45) is 4.98. The van der Waals surface area contributed by atoms with Gasteiger partial charge >= 0.3 is 0 Å². The molecule has 18 heavy (non-hydrogen) atoms. The molecule has 1 atom stereocenters. The van der Waals surface area contributed by atoms with Gasteiger partial charge < -0.3 is 15.8 Å². The molecule has 1 aromatic heterocycles. The summed E-state index contributed by atoms with van der Waals surface area (Å²) in [6.45, 7) is 3.14. The minimum absolute atomic E-state index is 0.136. The summed E-state index contributed by atoms with van der Waals surface area (Å²) in [5, 5.41) is 2.88. The maximum Gasteiger partial charge on any atom is 0.253 e. The molecule has 1 aliphatic rings. The number of ether oxygens (including phenoxy) is 1. The monoisotopic (exact) mass is 249 g/mol. The third kappa shape index (κ3) is 3.20. The summed E-state index contributed by atoms with van der Waals surface area (Å²) in [5.41, 5.74) is 7.36. The van der Waals surface area contributed by atoms with Crippen molar-refractivity contribution in [1.29, 1.82) is 0 Å². The molecule has 1 aromatic rings. The Morgan fingerprint density at radius 2 is 2.44 bits per heavy atom. The lowest BCUT2D eigenvalue weighted by molar-refractivity contribution is 0.0169. The molecule has 2 rings (SSSR count). The minimum atomic E-state index is -0.138. The zero-order valence-electron chi connectivity index (χ0n) is 10.6. The molecule has 0 aliphatic carbocycles. The van der Waals surface area contributed by atoms with Crippen molar-refractivity contribution in [2.45, 2.75) is 32.3 Å². The molecule has 98 valence electrons. The first kappa shape index (κ1) is 12.8. The minimum Gasteiger partial charge on any atom is -0.397 e. The van der Waals surface area contributed by atoms with E-state index in [1.165, 1.54) is 6.42 Å². The van der Waals surface area contributed by atoms with Gasteiger partial charge in [0.05, 0.1) is 29.2 Å². The predicted molar refractivity (Wildman–Crippen MR) is 69.3 cm³/mol. The number of nitrogens with one attached hydrogen (secondary N) is 1. The van der Waals surface area contributed by atoms with Crippen molar-refractivity contribution in [3.8, 4) is 0 Å². The maximum atomic E-state index is 12.0. The van der Waals surface area contributed by atoms with Crippen LogP contribution < -0.4 is 11.1 Å². The molecule has 0 spiro atoms. The Hall–Kier alpha value is -1.62. The second kappa shape index (κ2) is 5.82. The summed E-state index contributed by atoms with van der Waals surface area (Å²) in [5.74, 6) is -0.138. The van der Waals surface area contributed by atoms with E-state index >= 15 is 0 Å². The SMILES string of the molecule is Cc1ncc(N)cc1C(=O)NCC1CCCCO1. The summed E-state index contributed by atoms with van der Waals surface area (Å²) in [4.78, 5) is 16.1. The summed E-state index contributed by atoms with van der Waals surface area (Å²) in [7, 11) is 0. The maximum absolute atomic E-state index is 12.0. The van der Waals surface area contributed by atoms with Crippen LogP contribution in [0.3, 0.4) is 0 Å². The van der Waals surface area contributed by atoms with Crippen molar-refractivity contribution in [2.75, 3.05) is 18.9 Å². The van der Waals surface area contributed by atoms with Gasteiger partial charge in [0.2, 0.25) is 0 Å². The van der Waals surface area contributed by atoms with E-state index in [-0.39, 0.29) is 12.0 Å². The van der Waals surface area contributed by atoms with E-state index in [2.05, 4.69) is 10.3 Å². The molecule has 0 radical (unpaired) electrons. The molecule has 0 saturated carbocycles. The second-order valence-electron chi connectivity index (χ2n) is 4.60. The molecule has 0 aromatic carbocycles. The van der Waals surface area contributed by atoms with E-state index in [1.807, 2.05) is 0 Å². The highest BCUT2D eigenvalue weighted by atomic mass is 16.5. The fraction of sp³-hybridized carbons (Fsp3) is 0.538. The van der Waals surface area contributed by atoms with E-state index in [9.17, 15) is 4.79 Å². The average molecular weight is 249 g/mol. The van der Waals surface area contributed by atoms with Gasteiger partial charge in [0, 0.05) is 13.2 Å². The van der Waals surface area contributed by atoms with Gasteiger partial charge in [-0.05, 0) is 32.3 Å². The van der Waals surface area contributed by atoms with Crippen LogP contribution in [0.5, 0.6) is 0 Å². The van der Waals surface area contributed by atoms with E-state index in [4.69, 9.17) is 10.5 Å². The number of hydrogen-bond donors (Lipinski definition) is 2. The van der Waals surface area contributed by atoms with Crippen LogP contribution in [-0.2, 0) is 4.74 Å². The first-order chi connectivity index (χ1) is 8.66. The highest BCUT2D eigenvalue weighted by molar-refractivity contribution is 5.95. The Morgan fingerprint density at radius 1 is 1.61 bits per heavy atom. The first-order valence-electron chi connectivity index (χ1n) is 6.29. The Balaban J connectivity index is 1.92. The van der Waals surface area contributed by atoms with Crippen molar-refractivity contribution in [3.05, 3.63) is 23.5 Å². The van der Waals surface area contributed by atoms with E-state index in [1.54, 1.807) is 19.2 Å². The van der Waals surface area contributed by atoms with Crippen LogP contribution >= 0.6 is 0 Å². The Morgan fingerprint density at radius 3 is 3.17 bits per heavy atom. The highest BCUT2D eigenvalue weighted by Crippen LogP contribution is 2.13. The van der Waals surface area contributed by atoms with Gasteiger partial charge in [-0.3, -0.25) is 9.78 Å². The largest absolute Gasteiger partial charge is 0.397 e. The van der Waals surface area contributed by atoms with E-state index in [0.29, 0.717) is 23.5 Å². The molecular formula is C13H19N3O2. The molecule has 1 saturated heterocycles. The topological polar surface area (TPSA) is 77.2 Å². The summed E-state index contributed by atoms with van der Waals surface area (Å²) < 4.78 is 5.56. The zero-order valence-corrected chi connectivity index (χ0v) is 10.6. The van der Waals surface area contributed by atoms with Gasteiger partial charge in [-0.2, -0.15) is 0 Å². The first-order valence-corrected chi connectivity index (χ1v) is 6.29. The van der Waals surface area contributed by atoms with Crippen LogP contribution in [-0.4, -0.2) is 30.1 Å². The molecule has 3 N–H and O–H groups in total. The standard InChI is InChI=1S/C13H19N3O2/c1-9-12(6-10(14)7-15-9)13(17)16-8-11-4-2-3-5-18-11/h6-7,11H,2-5,8,14H2,1H3,(H,16,17). The highest BCUT2D eigenvalue weighted by Gasteiger charge is 2.16. The molecule has 0 bridgehead atoms.